The Labute approximate surface area is 99.6 Å². The van der Waals surface area contributed by atoms with E-state index < -0.39 is 0 Å². The van der Waals surface area contributed by atoms with E-state index in [4.69, 9.17) is 11.3 Å². The molecule has 88 valence electrons. The van der Waals surface area contributed by atoms with E-state index in [9.17, 15) is 4.79 Å². The average molecular weight is 230 g/mol. The Morgan fingerprint density at radius 3 is 2.71 bits per heavy atom. The third kappa shape index (κ3) is 4.51. The molecular weight excluding hydrogens is 216 g/mol. The smallest absolute Gasteiger partial charge is 0.176 e. The monoisotopic (exact) mass is 230 g/mol. The quantitative estimate of drug-likeness (QED) is 0.267. The molecule has 0 atom stereocenters. The molecular formula is C12H14N4O. The van der Waals surface area contributed by atoms with Gasteiger partial charge in [0.2, 0.25) is 0 Å². The van der Waals surface area contributed by atoms with Gasteiger partial charge in [0.15, 0.2) is 5.78 Å². The lowest BCUT2D eigenvalue weighted by atomic mass is 10.1. The first kappa shape index (κ1) is 13.0. The molecule has 0 heterocycles. The molecule has 5 nitrogen and oxygen atoms in total. The summed E-state index contributed by atoms with van der Waals surface area (Å²) in [5.41, 5.74) is 15.0. The van der Waals surface area contributed by atoms with Crippen LogP contribution in [0.2, 0.25) is 0 Å². The summed E-state index contributed by atoms with van der Waals surface area (Å²) in [5, 5.41) is 3.42. The maximum absolute atomic E-state index is 11.3. The van der Waals surface area contributed by atoms with Gasteiger partial charge in [-0.25, -0.2) is 0 Å². The predicted molar refractivity (Wildman–Crippen MR) is 67.5 cm³/mol. The second-order valence-electron chi connectivity index (χ2n) is 3.39. The van der Waals surface area contributed by atoms with Gasteiger partial charge in [0.05, 0.1) is 6.54 Å². The molecule has 5 heteroatoms. The van der Waals surface area contributed by atoms with Gasteiger partial charge in [0, 0.05) is 17.0 Å². The first-order valence-electron chi connectivity index (χ1n) is 5.28. The van der Waals surface area contributed by atoms with Crippen molar-refractivity contribution < 1.29 is 4.79 Å². The van der Waals surface area contributed by atoms with E-state index in [1.54, 1.807) is 12.1 Å². The molecule has 0 saturated heterocycles. The van der Waals surface area contributed by atoms with Crippen LogP contribution in [0.1, 0.15) is 22.3 Å². The highest BCUT2D eigenvalue weighted by molar-refractivity contribution is 5.97. The molecule has 1 rings (SSSR count). The molecule has 0 bridgehead atoms. The van der Waals surface area contributed by atoms with Gasteiger partial charge in [-0.3, -0.25) is 4.79 Å². The summed E-state index contributed by atoms with van der Waals surface area (Å²) in [6.07, 6.45) is 4.55. The summed E-state index contributed by atoms with van der Waals surface area (Å²) in [6, 6.07) is 7.21. The number of carbonyl (C=O) groups excluding carboxylic acids is 1. The molecule has 2 N–H and O–H groups in total. The van der Waals surface area contributed by atoms with Gasteiger partial charge in [0.25, 0.3) is 0 Å². The Hall–Kier alpha value is -2.10. The zero-order chi connectivity index (χ0) is 12.5. The molecule has 0 aliphatic rings. The molecule has 0 spiro atoms. The highest BCUT2D eigenvalue weighted by Gasteiger charge is 2.01. The van der Waals surface area contributed by atoms with Gasteiger partial charge in [-0.1, -0.05) is 41.5 Å². The molecule has 0 unspecified atom stereocenters. The maximum atomic E-state index is 11.3. The Kier molecular flexibility index (Phi) is 5.51. The van der Waals surface area contributed by atoms with Crippen LogP contribution in [0.25, 0.3) is 16.5 Å². The van der Waals surface area contributed by atoms with E-state index >= 15 is 0 Å². The number of rotatable bonds is 6. The van der Waals surface area contributed by atoms with Crippen molar-refractivity contribution in [2.75, 3.05) is 13.1 Å². The van der Waals surface area contributed by atoms with Crippen LogP contribution < -0.4 is 5.73 Å². The van der Waals surface area contributed by atoms with E-state index in [0.29, 0.717) is 18.5 Å². The summed E-state index contributed by atoms with van der Waals surface area (Å²) in [6.45, 7) is 0.484. The second-order valence-corrected chi connectivity index (χ2v) is 3.39. The Morgan fingerprint density at radius 2 is 2.12 bits per heavy atom. The second kappa shape index (κ2) is 7.22. The van der Waals surface area contributed by atoms with Crippen molar-refractivity contribution in [1.29, 1.82) is 0 Å². The summed E-state index contributed by atoms with van der Waals surface area (Å²) >= 11 is 0. The third-order valence-corrected chi connectivity index (χ3v) is 2.19. The molecule has 17 heavy (non-hydrogen) atoms. The Bertz CT molecular complexity index is 444. The van der Waals surface area contributed by atoms with Crippen LogP contribution in [0.5, 0.6) is 0 Å². The van der Waals surface area contributed by atoms with Gasteiger partial charge in [-0.15, -0.1) is 0 Å². The van der Waals surface area contributed by atoms with Crippen molar-refractivity contribution in [2.24, 2.45) is 10.8 Å². The number of hydrogen-bond donors (Lipinski definition) is 1. The van der Waals surface area contributed by atoms with E-state index in [1.165, 1.54) is 0 Å². The molecule has 0 fully saturated rings. The summed E-state index contributed by atoms with van der Waals surface area (Å²) in [7, 11) is 0. The van der Waals surface area contributed by atoms with Crippen molar-refractivity contribution >= 4 is 11.9 Å². The number of carbonyl (C=O) groups is 1. The van der Waals surface area contributed by atoms with Crippen LogP contribution >= 0.6 is 0 Å². The van der Waals surface area contributed by atoms with Crippen LogP contribution in [0.15, 0.2) is 35.5 Å². The molecule has 0 aliphatic heterocycles. The standard InChI is InChI=1S/C12H14N4O/c13-9-12(17)11-6-4-10(5-7-11)3-1-2-8-15-16-14/h1,3-7H,2,8-9,13H2. The highest BCUT2D eigenvalue weighted by Crippen LogP contribution is 2.07. The fourth-order valence-corrected chi connectivity index (χ4v) is 1.29. The minimum atomic E-state index is -0.0658. The topological polar surface area (TPSA) is 91.9 Å². The Balaban J connectivity index is 2.56. The zero-order valence-electron chi connectivity index (χ0n) is 9.41. The molecule has 1 aromatic carbocycles. The highest BCUT2D eigenvalue weighted by atomic mass is 16.1. The number of nitrogens with two attached hydrogens (primary N) is 1. The number of azide groups is 1. The van der Waals surface area contributed by atoms with Crippen molar-refractivity contribution in [1.82, 2.24) is 0 Å². The maximum Gasteiger partial charge on any atom is 0.176 e. The lowest BCUT2D eigenvalue weighted by molar-refractivity contribution is 0.100. The minimum absolute atomic E-state index is 0.0291. The van der Waals surface area contributed by atoms with Gasteiger partial charge >= 0.3 is 0 Å². The number of ketones is 1. The SMILES string of the molecule is [N-]=[N+]=NCCC=Cc1ccc(C(=O)CN)cc1. The summed E-state index contributed by atoms with van der Waals surface area (Å²) < 4.78 is 0. The normalized spacial score (nSPS) is 10.2. The first-order chi connectivity index (χ1) is 8.27. The third-order valence-electron chi connectivity index (χ3n) is 2.19. The van der Waals surface area contributed by atoms with Crippen molar-refractivity contribution in [3.05, 3.63) is 51.9 Å². The van der Waals surface area contributed by atoms with E-state index in [2.05, 4.69) is 10.0 Å². The number of hydrogen-bond acceptors (Lipinski definition) is 3. The average Bonchev–Trinajstić information content (AvgIpc) is 2.38. The first-order valence-corrected chi connectivity index (χ1v) is 5.28. The van der Waals surface area contributed by atoms with Gasteiger partial charge < -0.3 is 5.73 Å². The largest absolute Gasteiger partial charge is 0.324 e. The molecule has 0 saturated carbocycles. The van der Waals surface area contributed by atoms with Crippen molar-refractivity contribution in [2.45, 2.75) is 6.42 Å². The fraction of sp³-hybridized carbons (Fsp3) is 0.250. The van der Waals surface area contributed by atoms with Crippen LogP contribution in [0.4, 0.5) is 0 Å². The van der Waals surface area contributed by atoms with Gasteiger partial charge in [-0.05, 0) is 17.5 Å². The van der Waals surface area contributed by atoms with Crippen LogP contribution in [-0.2, 0) is 0 Å². The van der Waals surface area contributed by atoms with Gasteiger partial charge in [0.1, 0.15) is 0 Å². The molecule has 0 radical (unpaired) electrons. The van der Waals surface area contributed by atoms with E-state index in [0.717, 1.165) is 5.56 Å². The van der Waals surface area contributed by atoms with E-state index in [1.807, 2.05) is 24.3 Å². The number of Topliss-reactive ketones (excluding diaryl/α,β-unsaturated/α-hetero) is 1. The fourth-order valence-electron chi connectivity index (χ4n) is 1.29. The lowest BCUT2D eigenvalue weighted by Gasteiger charge is -1.98. The van der Waals surface area contributed by atoms with Gasteiger partial charge in [-0.2, -0.15) is 0 Å². The minimum Gasteiger partial charge on any atom is -0.324 e. The molecule has 0 aromatic heterocycles. The number of benzene rings is 1. The van der Waals surface area contributed by atoms with Crippen LogP contribution in [-0.4, -0.2) is 18.9 Å². The van der Waals surface area contributed by atoms with Crippen molar-refractivity contribution in [3.8, 4) is 0 Å². The Morgan fingerprint density at radius 1 is 1.41 bits per heavy atom. The van der Waals surface area contributed by atoms with Crippen LogP contribution in [0.3, 0.4) is 0 Å². The molecule has 0 aliphatic carbocycles. The van der Waals surface area contributed by atoms with E-state index in [-0.39, 0.29) is 12.3 Å². The summed E-state index contributed by atoms with van der Waals surface area (Å²) in [4.78, 5) is 13.9. The zero-order valence-corrected chi connectivity index (χ0v) is 9.41. The lowest BCUT2D eigenvalue weighted by Crippen LogP contribution is -2.13. The molecule has 0 amide bonds. The van der Waals surface area contributed by atoms with Crippen LogP contribution in [0, 0.1) is 0 Å². The summed E-state index contributed by atoms with van der Waals surface area (Å²) in [5.74, 6) is -0.0658. The predicted octanol–water partition coefficient (Wildman–Crippen LogP) is 2.54. The number of nitrogens with zero attached hydrogens (tertiary/aromatic N) is 3. The van der Waals surface area contributed by atoms with Crippen molar-refractivity contribution in [3.63, 3.8) is 0 Å². The molecule has 1 aromatic rings.